The average Bonchev–Trinajstić information content (AvgIpc) is 2.41. The zero-order chi connectivity index (χ0) is 11.2. The highest BCUT2D eigenvalue weighted by Crippen LogP contribution is 2.24. The molecule has 0 fully saturated rings. The highest BCUT2D eigenvalue weighted by Gasteiger charge is 2.13. The first-order chi connectivity index (χ1) is 7.00. The van der Waals surface area contributed by atoms with Gasteiger partial charge >= 0.3 is 5.97 Å². The molecule has 0 aliphatic heterocycles. The molecule has 15 heavy (non-hydrogen) atoms. The van der Waals surface area contributed by atoms with Crippen molar-refractivity contribution in [3.63, 3.8) is 0 Å². The van der Waals surface area contributed by atoms with Crippen LogP contribution in [0.1, 0.15) is 16.2 Å². The first-order valence-electron chi connectivity index (χ1n) is 4.36. The van der Waals surface area contributed by atoms with Crippen LogP contribution in [0.15, 0.2) is 12.1 Å². The van der Waals surface area contributed by atoms with Crippen LogP contribution in [-0.4, -0.2) is 20.6 Å². The van der Waals surface area contributed by atoms with Gasteiger partial charge in [0, 0.05) is 7.05 Å². The molecule has 0 radical (unpaired) electrons. The van der Waals surface area contributed by atoms with Gasteiger partial charge in [-0.25, -0.2) is 9.78 Å². The fraction of sp³-hybridized carbons (Fsp3) is 0.200. The number of imidazole rings is 1. The van der Waals surface area contributed by atoms with Crippen molar-refractivity contribution in [1.29, 1.82) is 0 Å². The molecule has 4 nitrogen and oxygen atoms in total. The molecule has 0 aliphatic carbocycles. The van der Waals surface area contributed by atoms with Crippen LogP contribution in [0.4, 0.5) is 0 Å². The van der Waals surface area contributed by atoms with E-state index in [1.165, 1.54) is 0 Å². The first-order valence-corrected chi connectivity index (χ1v) is 4.74. The van der Waals surface area contributed by atoms with E-state index in [2.05, 4.69) is 4.98 Å². The van der Waals surface area contributed by atoms with Gasteiger partial charge in [-0.15, -0.1) is 0 Å². The van der Waals surface area contributed by atoms with Gasteiger partial charge in [0.1, 0.15) is 5.82 Å². The van der Waals surface area contributed by atoms with E-state index in [1.807, 2.05) is 18.5 Å². The smallest absolute Gasteiger partial charge is 0.337 e. The molecular weight excluding hydrogens is 216 g/mol. The minimum absolute atomic E-state index is 0.104. The number of hydrogen-bond donors (Lipinski definition) is 1. The van der Waals surface area contributed by atoms with E-state index in [9.17, 15) is 4.79 Å². The molecule has 0 bridgehead atoms. The number of halogens is 1. The normalized spacial score (nSPS) is 10.9. The van der Waals surface area contributed by atoms with Crippen LogP contribution in [0.3, 0.4) is 0 Å². The molecule has 0 unspecified atom stereocenters. The van der Waals surface area contributed by atoms with E-state index in [0.717, 1.165) is 11.3 Å². The summed E-state index contributed by atoms with van der Waals surface area (Å²) in [6, 6.07) is 3.12. The molecule has 1 aromatic carbocycles. The predicted molar refractivity (Wildman–Crippen MR) is 57.4 cm³/mol. The monoisotopic (exact) mass is 224 g/mol. The Morgan fingerprint density at radius 2 is 2.20 bits per heavy atom. The van der Waals surface area contributed by atoms with Crippen molar-refractivity contribution >= 4 is 28.6 Å². The molecule has 1 N–H and O–H groups in total. The van der Waals surface area contributed by atoms with Gasteiger partial charge in [-0.3, -0.25) is 0 Å². The standard InChI is InChI=1S/C10H9ClN2O2/c1-5-12-8-4-7(11)6(10(14)15)3-9(8)13(5)2/h3-4H,1-2H3,(H,14,15). The molecule has 2 aromatic rings. The lowest BCUT2D eigenvalue weighted by Crippen LogP contribution is -1.98. The number of aryl methyl sites for hydroxylation is 2. The Labute approximate surface area is 91.1 Å². The Morgan fingerprint density at radius 1 is 1.53 bits per heavy atom. The zero-order valence-electron chi connectivity index (χ0n) is 8.28. The number of carbonyl (C=O) groups is 1. The van der Waals surface area contributed by atoms with E-state index >= 15 is 0 Å². The lowest BCUT2D eigenvalue weighted by Gasteiger charge is -2.00. The maximum absolute atomic E-state index is 10.9. The molecule has 1 aromatic heterocycles. The number of aromatic nitrogens is 2. The third-order valence-electron chi connectivity index (χ3n) is 2.42. The van der Waals surface area contributed by atoms with Gasteiger partial charge in [0.15, 0.2) is 0 Å². The number of rotatable bonds is 1. The van der Waals surface area contributed by atoms with E-state index in [4.69, 9.17) is 16.7 Å². The number of nitrogens with zero attached hydrogens (tertiary/aromatic N) is 2. The first kappa shape index (κ1) is 9.98. The lowest BCUT2D eigenvalue weighted by molar-refractivity contribution is 0.0697. The van der Waals surface area contributed by atoms with Crippen LogP contribution < -0.4 is 0 Å². The number of hydrogen-bond acceptors (Lipinski definition) is 2. The second kappa shape index (κ2) is 3.24. The maximum Gasteiger partial charge on any atom is 0.337 e. The van der Waals surface area contributed by atoms with Crippen molar-refractivity contribution < 1.29 is 9.90 Å². The van der Waals surface area contributed by atoms with Gasteiger partial charge in [0.25, 0.3) is 0 Å². The molecule has 0 saturated heterocycles. The molecule has 0 aliphatic rings. The van der Waals surface area contributed by atoms with Crippen LogP contribution in [-0.2, 0) is 7.05 Å². The van der Waals surface area contributed by atoms with Crippen molar-refractivity contribution in [2.45, 2.75) is 6.92 Å². The van der Waals surface area contributed by atoms with Crippen molar-refractivity contribution in [3.8, 4) is 0 Å². The molecule has 1 heterocycles. The Bertz CT molecular complexity index is 560. The van der Waals surface area contributed by atoms with E-state index in [0.29, 0.717) is 5.52 Å². The Balaban J connectivity index is 2.83. The summed E-state index contributed by atoms with van der Waals surface area (Å²) in [6.45, 7) is 1.86. The van der Waals surface area contributed by atoms with Crippen molar-refractivity contribution in [2.75, 3.05) is 0 Å². The van der Waals surface area contributed by atoms with E-state index in [1.54, 1.807) is 12.1 Å². The van der Waals surface area contributed by atoms with Gasteiger partial charge in [-0.2, -0.15) is 0 Å². The van der Waals surface area contributed by atoms with Crippen LogP contribution in [0, 0.1) is 6.92 Å². The minimum Gasteiger partial charge on any atom is -0.478 e. The van der Waals surface area contributed by atoms with E-state index < -0.39 is 5.97 Å². The summed E-state index contributed by atoms with van der Waals surface area (Å²) in [6.07, 6.45) is 0. The summed E-state index contributed by atoms with van der Waals surface area (Å²) >= 11 is 5.83. The SMILES string of the molecule is Cc1nc2cc(Cl)c(C(=O)O)cc2n1C. The minimum atomic E-state index is -1.03. The summed E-state index contributed by atoms with van der Waals surface area (Å²) in [7, 11) is 1.84. The molecular formula is C10H9ClN2O2. The molecule has 0 saturated carbocycles. The third kappa shape index (κ3) is 1.47. The quantitative estimate of drug-likeness (QED) is 0.808. The highest BCUT2D eigenvalue weighted by molar-refractivity contribution is 6.34. The molecule has 0 amide bonds. The van der Waals surface area contributed by atoms with Gasteiger partial charge in [-0.1, -0.05) is 11.6 Å². The third-order valence-corrected chi connectivity index (χ3v) is 2.74. The van der Waals surface area contributed by atoms with Gasteiger partial charge in [0.2, 0.25) is 0 Å². The van der Waals surface area contributed by atoms with Gasteiger partial charge in [0.05, 0.1) is 21.6 Å². The lowest BCUT2D eigenvalue weighted by atomic mass is 10.2. The summed E-state index contributed by atoms with van der Waals surface area (Å²) in [5, 5.41) is 9.12. The fourth-order valence-electron chi connectivity index (χ4n) is 1.50. The molecule has 0 spiro atoms. The highest BCUT2D eigenvalue weighted by atomic mass is 35.5. The number of fused-ring (bicyclic) bond motifs is 1. The second-order valence-corrected chi connectivity index (χ2v) is 3.75. The van der Waals surface area contributed by atoms with E-state index in [-0.39, 0.29) is 10.6 Å². The zero-order valence-corrected chi connectivity index (χ0v) is 9.04. The number of carboxylic acids is 1. The molecule has 2 rings (SSSR count). The Morgan fingerprint density at radius 3 is 2.80 bits per heavy atom. The van der Waals surface area contributed by atoms with Crippen LogP contribution in [0.25, 0.3) is 11.0 Å². The molecule has 5 heteroatoms. The Hall–Kier alpha value is -1.55. The van der Waals surface area contributed by atoms with Gasteiger partial charge < -0.3 is 9.67 Å². The van der Waals surface area contributed by atoms with Crippen molar-refractivity contribution in [2.24, 2.45) is 7.05 Å². The number of benzene rings is 1. The predicted octanol–water partition coefficient (Wildman–Crippen LogP) is 2.23. The van der Waals surface area contributed by atoms with Crippen molar-refractivity contribution in [1.82, 2.24) is 9.55 Å². The van der Waals surface area contributed by atoms with Crippen LogP contribution in [0.2, 0.25) is 5.02 Å². The van der Waals surface area contributed by atoms with Crippen molar-refractivity contribution in [3.05, 3.63) is 28.5 Å². The number of carboxylic acid groups (broad SMARTS) is 1. The van der Waals surface area contributed by atoms with Crippen LogP contribution >= 0.6 is 11.6 Å². The summed E-state index contributed by atoms with van der Waals surface area (Å²) in [5.74, 6) is -0.204. The molecule has 78 valence electrons. The largest absolute Gasteiger partial charge is 0.478 e. The topological polar surface area (TPSA) is 55.1 Å². The maximum atomic E-state index is 10.9. The second-order valence-electron chi connectivity index (χ2n) is 3.34. The van der Waals surface area contributed by atoms with Gasteiger partial charge in [-0.05, 0) is 19.1 Å². The average molecular weight is 225 g/mol. The Kier molecular flexibility index (Phi) is 2.16. The summed E-state index contributed by atoms with van der Waals surface area (Å²) in [5.41, 5.74) is 1.59. The summed E-state index contributed by atoms with van der Waals surface area (Å²) in [4.78, 5) is 15.1. The number of aromatic carboxylic acids is 1. The fourth-order valence-corrected chi connectivity index (χ4v) is 1.74. The van der Waals surface area contributed by atoms with Crippen LogP contribution in [0.5, 0.6) is 0 Å². The summed E-state index contributed by atoms with van der Waals surface area (Å²) < 4.78 is 1.83. The molecule has 0 atom stereocenters.